The van der Waals surface area contributed by atoms with Gasteiger partial charge in [-0.05, 0) is 18.4 Å². The molecule has 1 aromatic carbocycles. The summed E-state index contributed by atoms with van der Waals surface area (Å²) in [6.07, 6.45) is 5.28. The molecule has 0 unspecified atom stereocenters. The molecule has 1 saturated heterocycles. The van der Waals surface area contributed by atoms with E-state index in [0.29, 0.717) is 26.3 Å². The molecule has 4 heteroatoms. The zero-order valence-electron chi connectivity index (χ0n) is 13.7. The van der Waals surface area contributed by atoms with Crippen LogP contribution in [-0.4, -0.2) is 48.8 Å². The largest absolute Gasteiger partial charge is 0.396 e. The van der Waals surface area contributed by atoms with Crippen molar-refractivity contribution in [3.63, 3.8) is 0 Å². The van der Waals surface area contributed by atoms with Gasteiger partial charge in [-0.1, -0.05) is 49.6 Å². The predicted molar refractivity (Wildman–Crippen MR) is 89.2 cm³/mol. The summed E-state index contributed by atoms with van der Waals surface area (Å²) in [5.41, 5.74) is 0.763. The summed E-state index contributed by atoms with van der Waals surface area (Å²) in [6.45, 7) is 2.40. The van der Waals surface area contributed by atoms with Crippen LogP contribution < -0.4 is 0 Å². The molecule has 1 amide bonds. The molecule has 4 nitrogen and oxygen atoms in total. The number of carbonyl (C=O) groups is 1. The number of ether oxygens (including phenoxy) is 1. The van der Waals surface area contributed by atoms with Gasteiger partial charge in [-0.3, -0.25) is 4.79 Å². The van der Waals surface area contributed by atoms with Crippen molar-refractivity contribution in [3.8, 4) is 0 Å². The van der Waals surface area contributed by atoms with Gasteiger partial charge >= 0.3 is 0 Å². The third-order valence-electron chi connectivity index (χ3n) is 5.33. The van der Waals surface area contributed by atoms with Gasteiger partial charge in [-0.2, -0.15) is 0 Å². The Morgan fingerprint density at radius 3 is 2.65 bits per heavy atom. The summed E-state index contributed by atoms with van der Waals surface area (Å²) in [5.74, 6) is 0.255. The van der Waals surface area contributed by atoms with Crippen molar-refractivity contribution in [2.45, 2.75) is 37.5 Å². The van der Waals surface area contributed by atoms with Gasteiger partial charge in [-0.15, -0.1) is 0 Å². The lowest BCUT2D eigenvalue weighted by molar-refractivity contribution is -0.139. The topological polar surface area (TPSA) is 49.8 Å². The second kappa shape index (κ2) is 7.45. The van der Waals surface area contributed by atoms with Crippen LogP contribution in [0.25, 0.3) is 0 Å². The van der Waals surface area contributed by atoms with Gasteiger partial charge in [0.1, 0.15) is 0 Å². The molecule has 0 spiro atoms. The number of aliphatic hydroxyl groups excluding tert-OH is 1. The Labute approximate surface area is 138 Å². The third-order valence-corrected chi connectivity index (χ3v) is 5.33. The molecule has 2 fully saturated rings. The van der Waals surface area contributed by atoms with E-state index in [0.717, 1.165) is 31.2 Å². The highest BCUT2D eigenvalue weighted by Crippen LogP contribution is 2.41. The number of aliphatic hydroxyl groups is 1. The number of amides is 1. The van der Waals surface area contributed by atoms with E-state index in [-0.39, 0.29) is 23.8 Å². The van der Waals surface area contributed by atoms with E-state index in [2.05, 4.69) is 12.1 Å². The molecule has 126 valence electrons. The second-order valence-electron chi connectivity index (χ2n) is 6.88. The minimum atomic E-state index is -0.385. The Morgan fingerprint density at radius 1 is 1.22 bits per heavy atom. The van der Waals surface area contributed by atoms with Gasteiger partial charge in [-0.25, -0.2) is 0 Å². The van der Waals surface area contributed by atoms with Gasteiger partial charge in [0.2, 0.25) is 5.91 Å². The number of benzene rings is 1. The normalized spacial score (nSPS) is 24.9. The lowest BCUT2D eigenvalue weighted by Crippen LogP contribution is -2.50. The zero-order chi connectivity index (χ0) is 16.1. The van der Waals surface area contributed by atoms with E-state index < -0.39 is 0 Å². The Kier molecular flexibility index (Phi) is 5.34. The van der Waals surface area contributed by atoms with Gasteiger partial charge < -0.3 is 14.7 Å². The minimum absolute atomic E-state index is 0.0258. The van der Waals surface area contributed by atoms with Gasteiger partial charge in [0, 0.05) is 25.6 Å². The number of nitrogens with zero attached hydrogens (tertiary/aromatic N) is 1. The first-order valence-electron chi connectivity index (χ1n) is 8.80. The fourth-order valence-corrected chi connectivity index (χ4v) is 4.02. The van der Waals surface area contributed by atoms with Crippen LogP contribution in [0.2, 0.25) is 0 Å². The summed E-state index contributed by atoms with van der Waals surface area (Å²) in [7, 11) is 0. The predicted octanol–water partition coefficient (Wildman–Crippen LogP) is 2.36. The minimum Gasteiger partial charge on any atom is -0.396 e. The van der Waals surface area contributed by atoms with E-state index in [1.165, 1.54) is 6.42 Å². The summed E-state index contributed by atoms with van der Waals surface area (Å²) < 4.78 is 5.55. The highest BCUT2D eigenvalue weighted by atomic mass is 16.5. The van der Waals surface area contributed by atoms with Crippen molar-refractivity contribution in [2.75, 3.05) is 32.9 Å². The van der Waals surface area contributed by atoms with E-state index in [4.69, 9.17) is 4.74 Å². The first kappa shape index (κ1) is 16.5. The van der Waals surface area contributed by atoms with Crippen molar-refractivity contribution in [1.29, 1.82) is 0 Å². The standard InChI is InChI=1S/C19H27NO3/c21-14-16-13-20(11-12-23-15-16)18(22)19(9-5-2-6-10-19)17-7-3-1-4-8-17/h1,3-4,7-8,16,21H,2,5-6,9-15H2/t16-/m1/s1. The maximum absolute atomic E-state index is 13.5. The molecule has 0 radical (unpaired) electrons. The molecule has 1 heterocycles. The highest BCUT2D eigenvalue weighted by Gasteiger charge is 2.43. The number of hydrogen-bond donors (Lipinski definition) is 1. The Hall–Kier alpha value is -1.39. The maximum atomic E-state index is 13.5. The van der Waals surface area contributed by atoms with Crippen LogP contribution in [-0.2, 0) is 14.9 Å². The van der Waals surface area contributed by atoms with Crippen LogP contribution >= 0.6 is 0 Å². The average molecular weight is 317 g/mol. The quantitative estimate of drug-likeness (QED) is 0.931. The zero-order valence-corrected chi connectivity index (χ0v) is 13.7. The van der Waals surface area contributed by atoms with E-state index in [9.17, 15) is 9.90 Å². The first-order chi connectivity index (χ1) is 11.3. The maximum Gasteiger partial charge on any atom is 0.233 e. The number of hydrogen-bond acceptors (Lipinski definition) is 3. The summed E-state index contributed by atoms with van der Waals surface area (Å²) in [4.78, 5) is 15.4. The molecule has 1 N–H and O–H groups in total. The molecular formula is C19H27NO3. The number of rotatable bonds is 3. The van der Waals surface area contributed by atoms with Crippen LogP contribution in [0, 0.1) is 5.92 Å². The van der Waals surface area contributed by atoms with Crippen LogP contribution in [0.4, 0.5) is 0 Å². The van der Waals surface area contributed by atoms with Crippen molar-refractivity contribution in [3.05, 3.63) is 35.9 Å². The molecule has 23 heavy (non-hydrogen) atoms. The lowest BCUT2D eigenvalue weighted by Gasteiger charge is -2.40. The van der Waals surface area contributed by atoms with Crippen molar-refractivity contribution in [2.24, 2.45) is 5.92 Å². The lowest BCUT2D eigenvalue weighted by atomic mass is 9.68. The van der Waals surface area contributed by atoms with Gasteiger partial charge in [0.15, 0.2) is 0 Å². The first-order valence-corrected chi connectivity index (χ1v) is 8.80. The van der Waals surface area contributed by atoms with E-state index in [1.54, 1.807) is 0 Å². The van der Waals surface area contributed by atoms with Crippen LogP contribution in [0.15, 0.2) is 30.3 Å². The molecule has 1 aliphatic carbocycles. The molecular weight excluding hydrogens is 290 g/mol. The fourth-order valence-electron chi connectivity index (χ4n) is 4.02. The number of carbonyl (C=O) groups excluding carboxylic acids is 1. The highest BCUT2D eigenvalue weighted by molar-refractivity contribution is 5.88. The van der Waals surface area contributed by atoms with Crippen LogP contribution in [0.1, 0.15) is 37.7 Å². The third kappa shape index (κ3) is 3.43. The summed E-state index contributed by atoms with van der Waals surface area (Å²) in [6, 6.07) is 10.3. The second-order valence-corrected chi connectivity index (χ2v) is 6.88. The summed E-state index contributed by atoms with van der Waals surface area (Å²) in [5, 5.41) is 9.49. The molecule has 3 rings (SSSR count). The Bertz CT molecular complexity index is 511. The Balaban J connectivity index is 1.88. The van der Waals surface area contributed by atoms with Crippen molar-refractivity contribution < 1.29 is 14.6 Å². The molecule has 1 aliphatic heterocycles. The van der Waals surface area contributed by atoms with Gasteiger partial charge in [0.25, 0.3) is 0 Å². The molecule has 0 aromatic heterocycles. The summed E-state index contributed by atoms with van der Waals surface area (Å²) >= 11 is 0. The van der Waals surface area contributed by atoms with E-state index in [1.807, 2.05) is 23.1 Å². The van der Waals surface area contributed by atoms with Crippen molar-refractivity contribution in [1.82, 2.24) is 4.90 Å². The van der Waals surface area contributed by atoms with Crippen LogP contribution in [0.5, 0.6) is 0 Å². The molecule has 0 bridgehead atoms. The molecule has 2 aliphatic rings. The average Bonchev–Trinajstić information content (AvgIpc) is 2.88. The molecule has 1 saturated carbocycles. The van der Waals surface area contributed by atoms with Crippen LogP contribution in [0.3, 0.4) is 0 Å². The SMILES string of the molecule is O=C(N1CCOC[C@@H](CO)C1)C1(c2ccccc2)CCCCC1. The smallest absolute Gasteiger partial charge is 0.233 e. The monoisotopic (exact) mass is 317 g/mol. The van der Waals surface area contributed by atoms with E-state index >= 15 is 0 Å². The Morgan fingerprint density at radius 2 is 1.96 bits per heavy atom. The van der Waals surface area contributed by atoms with Crippen molar-refractivity contribution >= 4 is 5.91 Å². The molecule has 1 atom stereocenters. The fraction of sp³-hybridized carbons (Fsp3) is 0.632. The molecule has 1 aromatic rings. The van der Waals surface area contributed by atoms with Gasteiger partial charge in [0.05, 0.1) is 18.6 Å².